The van der Waals surface area contributed by atoms with E-state index in [-0.39, 0.29) is 28.8 Å². The van der Waals surface area contributed by atoms with Crippen molar-refractivity contribution < 1.29 is 26.4 Å². The average molecular weight is 362 g/mol. The van der Waals surface area contributed by atoms with Crippen LogP contribution in [0.2, 0.25) is 0 Å². The van der Waals surface area contributed by atoms with Crippen LogP contribution in [0.1, 0.15) is 16.3 Å². The molecule has 1 aromatic rings. The molecule has 0 spiro atoms. The Balaban J connectivity index is 0.00000441. The van der Waals surface area contributed by atoms with Gasteiger partial charge >= 0.3 is 0 Å². The van der Waals surface area contributed by atoms with Crippen molar-refractivity contribution in [3.63, 3.8) is 0 Å². The Morgan fingerprint density at radius 3 is 2.45 bits per heavy atom. The Morgan fingerprint density at radius 2 is 2.00 bits per heavy atom. The summed E-state index contributed by atoms with van der Waals surface area (Å²) in [5.41, 5.74) is 4.84. The number of hydrogen-bond acceptors (Lipinski definition) is 5. The summed E-state index contributed by atoms with van der Waals surface area (Å²) < 4.78 is 55.7. The Kier molecular flexibility index (Phi) is 6.95. The largest absolute Gasteiger partial charge is 0.455 e. The molecule has 1 amide bonds. The van der Waals surface area contributed by atoms with Gasteiger partial charge in [-0.15, -0.1) is 12.4 Å². The van der Waals surface area contributed by atoms with Gasteiger partial charge in [0.25, 0.3) is 11.8 Å². The van der Waals surface area contributed by atoms with Gasteiger partial charge in [-0.2, -0.15) is 0 Å². The molecule has 1 heterocycles. The monoisotopic (exact) mass is 361 g/mol. The van der Waals surface area contributed by atoms with Gasteiger partial charge in [0.1, 0.15) is 10.7 Å². The standard InChI is InChI=1S/C11H17F2N3O4S.ClH/c1-7-9(21(18,19)16(2)3)4-8(20-7)10(17)15-6-11(12,13)5-14;/h4H,5-6,14H2,1-3H3,(H,15,17);1H. The van der Waals surface area contributed by atoms with E-state index in [1.807, 2.05) is 5.32 Å². The van der Waals surface area contributed by atoms with Crippen LogP contribution in [-0.2, 0) is 10.0 Å². The van der Waals surface area contributed by atoms with Crippen LogP contribution >= 0.6 is 12.4 Å². The number of carbonyl (C=O) groups is 1. The lowest BCUT2D eigenvalue weighted by Gasteiger charge is -2.13. The molecule has 11 heteroatoms. The Hall–Kier alpha value is -1.23. The summed E-state index contributed by atoms with van der Waals surface area (Å²) in [5, 5.41) is 1.94. The van der Waals surface area contributed by atoms with Gasteiger partial charge in [0.2, 0.25) is 10.0 Å². The molecule has 1 aromatic heterocycles. The third kappa shape index (κ3) is 4.63. The minimum Gasteiger partial charge on any atom is -0.455 e. The topological polar surface area (TPSA) is 106 Å². The van der Waals surface area contributed by atoms with E-state index in [9.17, 15) is 22.0 Å². The Labute approximate surface area is 133 Å². The summed E-state index contributed by atoms with van der Waals surface area (Å²) in [5.74, 6) is -4.54. The van der Waals surface area contributed by atoms with Gasteiger partial charge in [-0.3, -0.25) is 4.79 Å². The van der Waals surface area contributed by atoms with Crippen LogP contribution in [0.4, 0.5) is 8.78 Å². The van der Waals surface area contributed by atoms with E-state index in [2.05, 4.69) is 0 Å². The lowest BCUT2D eigenvalue weighted by atomic mass is 10.3. The van der Waals surface area contributed by atoms with Crippen LogP contribution in [0.3, 0.4) is 0 Å². The summed E-state index contributed by atoms with van der Waals surface area (Å²) in [7, 11) is -1.13. The van der Waals surface area contributed by atoms with Crippen LogP contribution < -0.4 is 11.1 Å². The number of nitrogens with zero attached hydrogens (tertiary/aromatic N) is 1. The molecule has 7 nitrogen and oxygen atoms in total. The van der Waals surface area contributed by atoms with Crippen molar-refractivity contribution in [2.45, 2.75) is 17.7 Å². The van der Waals surface area contributed by atoms with E-state index in [1.54, 1.807) is 0 Å². The van der Waals surface area contributed by atoms with Crippen molar-refractivity contribution in [3.8, 4) is 0 Å². The molecule has 0 radical (unpaired) electrons. The minimum atomic E-state index is -3.78. The number of carbonyl (C=O) groups excluding carboxylic acids is 1. The summed E-state index contributed by atoms with van der Waals surface area (Å²) >= 11 is 0. The van der Waals surface area contributed by atoms with Crippen LogP contribution in [0.25, 0.3) is 0 Å². The van der Waals surface area contributed by atoms with E-state index in [4.69, 9.17) is 10.2 Å². The molecule has 0 fully saturated rings. The number of aryl methyl sites for hydroxylation is 1. The van der Waals surface area contributed by atoms with Crippen molar-refractivity contribution in [1.29, 1.82) is 0 Å². The van der Waals surface area contributed by atoms with Crippen molar-refractivity contribution in [1.82, 2.24) is 9.62 Å². The second kappa shape index (κ2) is 7.36. The fourth-order valence-corrected chi connectivity index (χ4v) is 2.45. The maximum atomic E-state index is 12.9. The molecule has 0 saturated carbocycles. The molecule has 0 atom stereocenters. The average Bonchev–Trinajstić information content (AvgIpc) is 2.78. The van der Waals surface area contributed by atoms with Crippen molar-refractivity contribution >= 4 is 28.3 Å². The highest BCUT2D eigenvalue weighted by molar-refractivity contribution is 7.89. The van der Waals surface area contributed by atoms with Gasteiger partial charge < -0.3 is 15.5 Å². The maximum absolute atomic E-state index is 12.9. The summed E-state index contributed by atoms with van der Waals surface area (Å²) in [4.78, 5) is 11.5. The highest BCUT2D eigenvalue weighted by atomic mass is 35.5. The zero-order valence-corrected chi connectivity index (χ0v) is 13.9. The molecule has 0 bridgehead atoms. The van der Waals surface area contributed by atoms with Crippen LogP contribution in [0.5, 0.6) is 0 Å². The molecular weight excluding hydrogens is 344 g/mol. The quantitative estimate of drug-likeness (QED) is 0.771. The predicted octanol–water partition coefficient (Wildman–Crippen LogP) is 0.584. The van der Waals surface area contributed by atoms with E-state index < -0.39 is 34.9 Å². The molecule has 22 heavy (non-hydrogen) atoms. The predicted molar refractivity (Wildman–Crippen MR) is 77.9 cm³/mol. The second-order valence-corrected chi connectivity index (χ2v) is 6.68. The van der Waals surface area contributed by atoms with E-state index >= 15 is 0 Å². The van der Waals surface area contributed by atoms with Gasteiger partial charge in [0, 0.05) is 20.2 Å². The number of halogens is 3. The summed E-state index contributed by atoms with van der Waals surface area (Å²) in [6.07, 6.45) is 0. The van der Waals surface area contributed by atoms with Gasteiger partial charge in [-0.25, -0.2) is 21.5 Å². The number of nitrogens with one attached hydrogen (secondary N) is 1. The molecule has 0 aliphatic carbocycles. The second-order valence-electron chi connectivity index (χ2n) is 4.56. The number of amides is 1. The lowest BCUT2D eigenvalue weighted by molar-refractivity contribution is 0.0115. The third-order valence-electron chi connectivity index (χ3n) is 2.66. The molecule has 3 N–H and O–H groups in total. The molecule has 0 aliphatic heterocycles. The Morgan fingerprint density at radius 1 is 1.45 bits per heavy atom. The van der Waals surface area contributed by atoms with Crippen molar-refractivity contribution in [2.75, 3.05) is 27.2 Å². The zero-order valence-electron chi connectivity index (χ0n) is 12.2. The maximum Gasteiger partial charge on any atom is 0.287 e. The van der Waals surface area contributed by atoms with Crippen LogP contribution in [0.15, 0.2) is 15.4 Å². The smallest absolute Gasteiger partial charge is 0.287 e. The number of furan rings is 1. The van der Waals surface area contributed by atoms with Gasteiger partial charge in [-0.1, -0.05) is 0 Å². The fraction of sp³-hybridized carbons (Fsp3) is 0.545. The fourth-order valence-electron chi connectivity index (χ4n) is 1.40. The minimum absolute atomic E-state index is 0. The molecule has 0 unspecified atom stereocenters. The van der Waals surface area contributed by atoms with Crippen LogP contribution in [-0.4, -0.2) is 51.7 Å². The number of sulfonamides is 1. The third-order valence-corrected chi connectivity index (χ3v) is 4.58. The summed E-state index contributed by atoms with van der Waals surface area (Å²) in [6.45, 7) is -0.510. The normalized spacial score (nSPS) is 12.1. The lowest BCUT2D eigenvalue weighted by Crippen LogP contribution is -2.41. The highest BCUT2D eigenvalue weighted by Gasteiger charge is 2.29. The molecule has 0 aliphatic rings. The molecule has 0 aromatic carbocycles. The van der Waals surface area contributed by atoms with Gasteiger partial charge in [0.15, 0.2) is 5.76 Å². The number of rotatable bonds is 6. The van der Waals surface area contributed by atoms with Crippen molar-refractivity contribution in [3.05, 3.63) is 17.6 Å². The van der Waals surface area contributed by atoms with E-state index in [1.165, 1.54) is 21.0 Å². The SMILES string of the molecule is Cc1oc(C(=O)NCC(F)(F)CN)cc1S(=O)(=O)N(C)C.Cl. The van der Waals surface area contributed by atoms with E-state index in [0.717, 1.165) is 10.4 Å². The molecule has 1 rings (SSSR count). The summed E-state index contributed by atoms with van der Waals surface area (Å²) in [6, 6.07) is 1.00. The Bertz CT molecular complexity index is 631. The molecule has 128 valence electrons. The first-order valence-electron chi connectivity index (χ1n) is 5.90. The zero-order chi connectivity index (χ0) is 16.4. The number of nitrogens with two attached hydrogens (primary N) is 1. The van der Waals surface area contributed by atoms with Gasteiger partial charge in [-0.05, 0) is 6.92 Å². The molecular formula is C11H18ClF2N3O4S. The highest BCUT2D eigenvalue weighted by Crippen LogP contribution is 2.22. The van der Waals surface area contributed by atoms with Gasteiger partial charge in [0.05, 0.1) is 13.1 Å². The first-order valence-corrected chi connectivity index (χ1v) is 7.34. The first-order chi connectivity index (χ1) is 9.51. The van der Waals surface area contributed by atoms with Crippen LogP contribution in [0, 0.1) is 6.92 Å². The number of hydrogen-bond donors (Lipinski definition) is 2. The number of alkyl halides is 2. The molecule has 0 saturated heterocycles. The van der Waals surface area contributed by atoms with E-state index in [0.29, 0.717) is 0 Å². The van der Waals surface area contributed by atoms with Crippen molar-refractivity contribution in [2.24, 2.45) is 5.73 Å². The first kappa shape index (κ1) is 20.8.